The molecular formula is C11H18ClN3OS. The Balaban J connectivity index is 0.00000144. The van der Waals surface area contributed by atoms with Crippen molar-refractivity contribution >= 4 is 34.8 Å². The van der Waals surface area contributed by atoms with Crippen LogP contribution in [0.15, 0.2) is 0 Å². The summed E-state index contributed by atoms with van der Waals surface area (Å²) in [5.74, 6) is 0.140. The van der Waals surface area contributed by atoms with E-state index in [0.717, 1.165) is 29.8 Å². The minimum atomic E-state index is 0. The molecule has 0 bridgehead atoms. The van der Waals surface area contributed by atoms with Crippen LogP contribution in [0, 0.1) is 19.8 Å². The van der Waals surface area contributed by atoms with Gasteiger partial charge in [0, 0.05) is 16.8 Å². The molecule has 3 N–H and O–H groups in total. The number of aromatic nitrogens is 1. The second-order valence-corrected chi connectivity index (χ2v) is 5.62. The molecule has 1 aromatic rings. The quantitative estimate of drug-likeness (QED) is 0.870. The summed E-state index contributed by atoms with van der Waals surface area (Å²) in [5.41, 5.74) is 6.78. The Hall–Kier alpha value is -0.650. The lowest BCUT2D eigenvalue weighted by Gasteiger charge is -2.08. The van der Waals surface area contributed by atoms with E-state index in [9.17, 15) is 4.79 Å². The SMILES string of the molecule is Cc1nc(NC(=O)C2CCC(N)C2)sc1C.Cl. The van der Waals surface area contributed by atoms with Crippen molar-refractivity contribution in [2.75, 3.05) is 5.32 Å². The average molecular weight is 276 g/mol. The smallest absolute Gasteiger partial charge is 0.229 e. The van der Waals surface area contributed by atoms with Crippen molar-refractivity contribution in [1.29, 1.82) is 0 Å². The molecule has 0 saturated heterocycles. The first-order valence-corrected chi connectivity index (χ1v) is 6.38. The number of amides is 1. The molecule has 0 radical (unpaired) electrons. The minimum Gasteiger partial charge on any atom is -0.328 e. The van der Waals surface area contributed by atoms with Crippen molar-refractivity contribution in [2.45, 2.75) is 39.2 Å². The number of anilines is 1. The number of nitrogens with one attached hydrogen (secondary N) is 1. The fraction of sp³-hybridized carbons (Fsp3) is 0.636. The zero-order valence-corrected chi connectivity index (χ0v) is 11.7. The van der Waals surface area contributed by atoms with Crippen LogP contribution in [0.3, 0.4) is 0 Å². The zero-order chi connectivity index (χ0) is 11.7. The topological polar surface area (TPSA) is 68.0 Å². The van der Waals surface area contributed by atoms with E-state index in [-0.39, 0.29) is 30.3 Å². The van der Waals surface area contributed by atoms with Gasteiger partial charge in [-0.3, -0.25) is 4.79 Å². The van der Waals surface area contributed by atoms with E-state index < -0.39 is 0 Å². The maximum absolute atomic E-state index is 11.9. The molecule has 1 heterocycles. The molecule has 2 atom stereocenters. The molecule has 1 fully saturated rings. The zero-order valence-electron chi connectivity index (χ0n) is 10.0. The van der Waals surface area contributed by atoms with Crippen molar-refractivity contribution in [1.82, 2.24) is 4.98 Å². The van der Waals surface area contributed by atoms with Gasteiger partial charge in [0.2, 0.25) is 5.91 Å². The number of nitrogens with zero attached hydrogens (tertiary/aromatic N) is 1. The monoisotopic (exact) mass is 275 g/mol. The molecule has 2 rings (SSSR count). The molecule has 0 spiro atoms. The lowest BCUT2D eigenvalue weighted by molar-refractivity contribution is -0.119. The van der Waals surface area contributed by atoms with Crippen molar-refractivity contribution in [3.8, 4) is 0 Å². The predicted octanol–water partition coefficient (Wildman–Crippen LogP) is 2.25. The summed E-state index contributed by atoms with van der Waals surface area (Å²) in [7, 11) is 0. The molecular weight excluding hydrogens is 258 g/mol. The molecule has 1 aliphatic rings. The summed E-state index contributed by atoms with van der Waals surface area (Å²) in [4.78, 5) is 17.3. The minimum absolute atomic E-state index is 0. The van der Waals surface area contributed by atoms with Crippen LogP contribution < -0.4 is 11.1 Å². The van der Waals surface area contributed by atoms with E-state index in [1.165, 1.54) is 11.3 Å². The van der Waals surface area contributed by atoms with Gasteiger partial charge in [-0.05, 0) is 33.1 Å². The lowest BCUT2D eigenvalue weighted by atomic mass is 10.1. The van der Waals surface area contributed by atoms with Crippen molar-refractivity contribution < 1.29 is 4.79 Å². The second-order valence-electron chi connectivity index (χ2n) is 4.42. The lowest BCUT2D eigenvalue weighted by Crippen LogP contribution is -2.23. The van der Waals surface area contributed by atoms with E-state index in [4.69, 9.17) is 5.73 Å². The van der Waals surface area contributed by atoms with Gasteiger partial charge in [0.25, 0.3) is 0 Å². The molecule has 1 aromatic heterocycles. The maximum Gasteiger partial charge on any atom is 0.229 e. The summed E-state index contributed by atoms with van der Waals surface area (Å²) in [5, 5.41) is 3.59. The fourth-order valence-corrected chi connectivity index (χ4v) is 2.81. The van der Waals surface area contributed by atoms with Crippen LogP contribution in [0.4, 0.5) is 5.13 Å². The highest BCUT2D eigenvalue weighted by Crippen LogP contribution is 2.27. The van der Waals surface area contributed by atoms with Gasteiger partial charge in [-0.1, -0.05) is 0 Å². The number of nitrogens with two attached hydrogens (primary N) is 1. The normalized spacial score (nSPS) is 23.2. The van der Waals surface area contributed by atoms with Crippen LogP contribution in [0.2, 0.25) is 0 Å². The summed E-state index contributed by atoms with van der Waals surface area (Å²) in [6.45, 7) is 3.96. The third-order valence-corrected chi connectivity index (χ3v) is 4.09. The Bertz CT molecular complexity index is 388. The fourth-order valence-electron chi connectivity index (χ4n) is 1.99. The van der Waals surface area contributed by atoms with Gasteiger partial charge in [-0.15, -0.1) is 23.7 Å². The largest absolute Gasteiger partial charge is 0.328 e. The first kappa shape index (κ1) is 14.4. The third-order valence-electron chi connectivity index (χ3n) is 3.10. The Morgan fingerprint density at radius 1 is 1.47 bits per heavy atom. The Kier molecular flexibility index (Phi) is 4.91. The first-order valence-electron chi connectivity index (χ1n) is 5.56. The summed E-state index contributed by atoms with van der Waals surface area (Å²) in [6.07, 6.45) is 2.65. The first-order chi connectivity index (χ1) is 7.56. The van der Waals surface area contributed by atoms with Crippen LogP contribution in [-0.2, 0) is 4.79 Å². The highest BCUT2D eigenvalue weighted by molar-refractivity contribution is 7.15. The van der Waals surface area contributed by atoms with Crippen molar-refractivity contribution in [3.63, 3.8) is 0 Å². The highest BCUT2D eigenvalue weighted by atomic mass is 35.5. The number of thiazole rings is 1. The molecule has 1 amide bonds. The molecule has 6 heteroatoms. The summed E-state index contributed by atoms with van der Waals surface area (Å²) < 4.78 is 0. The molecule has 1 aliphatic carbocycles. The Labute approximate surface area is 111 Å². The van der Waals surface area contributed by atoms with E-state index in [1.54, 1.807) is 0 Å². The Morgan fingerprint density at radius 2 is 2.18 bits per heavy atom. The highest BCUT2D eigenvalue weighted by Gasteiger charge is 2.28. The second kappa shape index (κ2) is 5.80. The van der Waals surface area contributed by atoms with Gasteiger partial charge in [-0.2, -0.15) is 0 Å². The number of rotatable bonds is 2. The van der Waals surface area contributed by atoms with Gasteiger partial charge < -0.3 is 11.1 Å². The van der Waals surface area contributed by atoms with E-state index in [1.807, 2.05) is 13.8 Å². The van der Waals surface area contributed by atoms with E-state index in [2.05, 4.69) is 10.3 Å². The van der Waals surface area contributed by atoms with Gasteiger partial charge in [0.05, 0.1) is 5.69 Å². The predicted molar refractivity (Wildman–Crippen MR) is 72.8 cm³/mol. The molecule has 0 aliphatic heterocycles. The third kappa shape index (κ3) is 3.40. The van der Waals surface area contributed by atoms with Gasteiger partial charge in [-0.25, -0.2) is 4.98 Å². The molecule has 4 nitrogen and oxygen atoms in total. The molecule has 17 heavy (non-hydrogen) atoms. The number of carbonyl (C=O) groups excluding carboxylic acids is 1. The number of aryl methyl sites for hydroxylation is 2. The van der Waals surface area contributed by atoms with Crippen LogP contribution in [-0.4, -0.2) is 16.9 Å². The van der Waals surface area contributed by atoms with Gasteiger partial charge in [0.15, 0.2) is 5.13 Å². The standard InChI is InChI=1S/C11H17N3OS.ClH/c1-6-7(2)16-11(13-6)14-10(15)8-3-4-9(12)5-8;/h8-9H,3-5,12H2,1-2H3,(H,13,14,15);1H. The maximum atomic E-state index is 11.9. The average Bonchev–Trinajstić information content (AvgIpc) is 2.75. The number of carbonyl (C=O) groups is 1. The van der Waals surface area contributed by atoms with Crippen LogP contribution in [0.5, 0.6) is 0 Å². The van der Waals surface area contributed by atoms with Crippen LogP contribution in [0.25, 0.3) is 0 Å². The van der Waals surface area contributed by atoms with E-state index in [0.29, 0.717) is 5.13 Å². The summed E-state index contributed by atoms with van der Waals surface area (Å²) >= 11 is 1.53. The summed E-state index contributed by atoms with van der Waals surface area (Å²) in [6, 6.07) is 0.190. The molecule has 0 aromatic carbocycles. The number of hydrogen-bond donors (Lipinski definition) is 2. The molecule has 1 saturated carbocycles. The molecule has 96 valence electrons. The van der Waals surface area contributed by atoms with Gasteiger partial charge >= 0.3 is 0 Å². The number of hydrogen-bond acceptors (Lipinski definition) is 4. The van der Waals surface area contributed by atoms with Gasteiger partial charge in [0.1, 0.15) is 0 Å². The van der Waals surface area contributed by atoms with Crippen LogP contribution in [0.1, 0.15) is 29.8 Å². The van der Waals surface area contributed by atoms with Crippen LogP contribution >= 0.6 is 23.7 Å². The molecule has 2 unspecified atom stereocenters. The van der Waals surface area contributed by atoms with E-state index >= 15 is 0 Å². The number of halogens is 1. The Morgan fingerprint density at radius 3 is 2.65 bits per heavy atom. The van der Waals surface area contributed by atoms with Crippen molar-refractivity contribution in [2.24, 2.45) is 11.7 Å². The van der Waals surface area contributed by atoms with Crippen molar-refractivity contribution in [3.05, 3.63) is 10.6 Å².